The van der Waals surface area contributed by atoms with Gasteiger partial charge in [0, 0.05) is 64.3 Å². The predicted octanol–water partition coefficient (Wildman–Crippen LogP) is 4.71. The van der Waals surface area contributed by atoms with E-state index in [0.29, 0.717) is 17.7 Å². The molecule has 3 aliphatic heterocycles. The summed E-state index contributed by atoms with van der Waals surface area (Å²) in [7, 11) is 0. The van der Waals surface area contributed by atoms with Gasteiger partial charge in [0.15, 0.2) is 6.29 Å². The molecular formula is C37H43F3N4O5. The summed E-state index contributed by atoms with van der Waals surface area (Å²) in [5.41, 5.74) is 4.70. The Morgan fingerprint density at radius 3 is 2.12 bits per heavy atom. The first-order valence-electron chi connectivity index (χ1n) is 16.9. The summed E-state index contributed by atoms with van der Waals surface area (Å²) in [4.78, 5) is 30.1. The number of alkyl halides is 3. The Balaban J connectivity index is 1.07. The quantitative estimate of drug-likeness (QED) is 0.321. The Labute approximate surface area is 284 Å². The largest absolute Gasteiger partial charge is 0.471 e. The Kier molecular flexibility index (Phi) is 11.3. The van der Waals surface area contributed by atoms with Gasteiger partial charge in [0.1, 0.15) is 6.04 Å². The number of amides is 2. The molecule has 3 heterocycles. The van der Waals surface area contributed by atoms with Crippen molar-refractivity contribution in [3.63, 3.8) is 0 Å². The van der Waals surface area contributed by atoms with Gasteiger partial charge < -0.3 is 24.8 Å². The van der Waals surface area contributed by atoms with E-state index in [1.54, 1.807) is 0 Å². The number of hydrogen-bond acceptors (Lipinski definition) is 7. The number of likely N-dealkylation sites (tertiary alicyclic amines) is 1. The molecule has 3 aromatic rings. The van der Waals surface area contributed by atoms with E-state index in [9.17, 15) is 27.9 Å². The fraction of sp³-hybridized carbons (Fsp3) is 0.459. The second-order valence-corrected chi connectivity index (χ2v) is 13.0. The van der Waals surface area contributed by atoms with Crippen LogP contribution in [0.15, 0.2) is 78.9 Å². The number of hydrogen-bond donors (Lipinski definition) is 2. The van der Waals surface area contributed by atoms with E-state index in [1.165, 1.54) is 5.56 Å². The molecule has 0 bridgehead atoms. The molecule has 3 aliphatic rings. The molecule has 2 amide bonds. The molecule has 9 nitrogen and oxygen atoms in total. The lowest BCUT2D eigenvalue weighted by Gasteiger charge is -2.40. The normalized spacial score (nSPS) is 23.8. The Morgan fingerprint density at radius 2 is 1.45 bits per heavy atom. The van der Waals surface area contributed by atoms with Crippen LogP contribution in [0.5, 0.6) is 0 Å². The Bertz CT molecular complexity index is 1530. The van der Waals surface area contributed by atoms with Gasteiger partial charge >= 0.3 is 12.1 Å². The average Bonchev–Trinajstić information content (AvgIpc) is 3.61. The zero-order valence-electron chi connectivity index (χ0n) is 27.4. The first-order chi connectivity index (χ1) is 23.7. The highest BCUT2D eigenvalue weighted by atomic mass is 19.4. The van der Waals surface area contributed by atoms with Crippen LogP contribution in [0.4, 0.5) is 13.2 Å². The Hall–Kier alpha value is -3.81. The summed E-state index contributed by atoms with van der Waals surface area (Å²) >= 11 is 0. The monoisotopic (exact) mass is 680 g/mol. The van der Waals surface area contributed by atoms with Crippen molar-refractivity contribution >= 4 is 11.8 Å². The number of aliphatic hydroxyl groups excluding tert-OH is 1. The van der Waals surface area contributed by atoms with Crippen LogP contribution in [0.2, 0.25) is 0 Å². The number of rotatable bonds is 10. The predicted molar refractivity (Wildman–Crippen MR) is 176 cm³/mol. The number of benzene rings is 3. The molecule has 0 spiro atoms. The third-order valence-electron chi connectivity index (χ3n) is 9.57. The van der Waals surface area contributed by atoms with Crippen molar-refractivity contribution in [2.24, 2.45) is 0 Å². The summed E-state index contributed by atoms with van der Waals surface area (Å²) < 4.78 is 52.0. The number of carbonyl (C=O) groups is 2. The van der Waals surface area contributed by atoms with Crippen molar-refractivity contribution in [2.45, 2.75) is 69.7 Å². The van der Waals surface area contributed by atoms with Crippen molar-refractivity contribution in [2.75, 3.05) is 39.3 Å². The molecule has 3 aromatic carbocycles. The number of nitrogens with zero attached hydrogens (tertiary/aromatic N) is 3. The average molecular weight is 681 g/mol. The van der Waals surface area contributed by atoms with Crippen LogP contribution >= 0.6 is 0 Å². The third-order valence-corrected chi connectivity index (χ3v) is 9.57. The van der Waals surface area contributed by atoms with Gasteiger partial charge in [0.2, 0.25) is 5.91 Å². The molecule has 2 N–H and O–H groups in total. The summed E-state index contributed by atoms with van der Waals surface area (Å²) in [6, 6.07) is 24.5. The van der Waals surface area contributed by atoms with Crippen LogP contribution in [-0.4, -0.2) is 89.2 Å². The first kappa shape index (κ1) is 35.0. The van der Waals surface area contributed by atoms with E-state index < -0.39 is 30.3 Å². The zero-order chi connectivity index (χ0) is 34.4. The highest BCUT2D eigenvalue weighted by Gasteiger charge is 2.47. The highest BCUT2D eigenvalue weighted by Crippen LogP contribution is 2.38. The topological polar surface area (TPSA) is 94.6 Å². The van der Waals surface area contributed by atoms with Crippen molar-refractivity contribution in [1.29, 1.82) is 0 Å². The fourth-order valence-corrected chi connectivity index (χ4v) is 6.84. The molecule has 12 heteroatoms. The van der Waals surface area contributed by atoms with Crippen LogP contribution in [0.25, 0.3) is 0 Å². The second kappa shape index (κ2) is 15.8. The van der Waals surface area contributed by atoms with E-state index in [1.807, 2.05) is 54.6 Å². The molecule has 4 atom stereocenters. The van der Waals surface area contributed by atoms with Crippen LogP contribution in [0.1, 0.15) is 59.5 Å². The van der Waals surface area contributed by atoms with Crippen molar-refractivity contribution in [3.05, 3.63) is 107 Å². The van der Waals surface area contributed by atoms with Gasteiger partial charge in [-0.05, 0) is 35.1 Å². The third kappa shape index (κ3) is 9.06. The van der Waals surface area contributed by atoms with Gasteiger partial charge in [-0.1, -0.05) is 78.9 Å². The minimum atomic E-state index is -5.01. The van der Waals surface area contributed by atoms with Gasteiger partial charge in [0.05, 0.1) is 18.8 Å². The molecule has 0 aromatic heterocycles. The lowest BCUT2D eigenvalue weighted by molar-refractivity contribution is -0.253. The van der Waals surface area contributed by atoms with Crippen molar-refractivity contribution in [3.8, 4) is 0 Å². The number of halogens is 3. The maximum Gasteiger partial charge on any atom is 0.471 e. The molecule has 0 saturated carbocycles. The van der Waals surface area contributed by atoms with Crippen LogP contribution in [0, 0.1) is 0 Å². The molecular weight excluding hydrogens is 637 g/mol. The summed E-state index contributed by atoms with van der Waals surface area (Å²) in [6.45, 7) is 5.52. The van der Waals surface area contributed by atoms with Crippen LogP contribution in [-0.2, 0) is 38.8 Å². The van der Waals surface area contributed by atoms with Gasteiger partial charge in [-0.3, -0.25) is 19.4 Å². The lowest BCUT2D eigenvalue weighted by Crippen LogP contribution is -2.50. The number of ether oxygens (including phenoxy) is 2. The van der Waals surface area contributed by atoms with Crippen molar-refractivity contribution in [1.82, 2.24) is 20.0 Å². The Morgan fingerprint density at radius 1 is 0.796 bits per heavy atom. The smallest absolute Gasteiger partial charge is 0.392 e. The van der Waals surface area contributed by atoms with Gasteiger partial charge in [-0.15, -0.1) is 0 Å². The molecule has 0 aliphatic carbocycles. The van der Waals surface area contributed by atoms with Gasteiger partial charge in [-0.25, -0.2) is 0 Å². The summed E-state index contributed by atoms with van der Waals surface area (Å²) in [5, 5.41) is 12.2. The van der Waals surface area contributed by atoms with E-state index in [4.69, 9.17) is 9.47 Å². The highest BCUT2D eigenvalue weighted by molar-refractivity contribution is 5.90. The zero-order valence-corrected chi connectivity index (χ0v) is 27.4. The molecule has 6 rings (SSSR count). The molecule has 0 unspecified atom stereocenters. The molecule has 262 valence electrons. The van der Waals surface area contributed by atoms with Gasteiger partial charge in [-0.2, -0.15) is 13.2 Å². The summed E-state index contributed by atoms with van der Waals surface area (Å²) in [6.07, 6.45) is -4.74. The lowest BCUT2D eigenvalue weighted by atomic mass is 9.99. The second-order valence-electron chi connectivity index (χ2n) is 13.0. The fourth-order valence-electron chi connectivity index (χ4n) is 6.84. The van der Waals surface area contributed by atoms with E-state index in [-0.39, 0.29) is 38.3 Å². The standard InChI is InChI=1S/C37H43F3N4O5/c38-37(39,40)36(47)44-16-4-7-32(44)34(46)41-22-26-8-14-30(15-9-26)35-48-31(21-33(49-35)29-12-10-28(25-45)11-13-29)24-43-19-17-42(18-20-43)23-27-5-2-1-3-6-27/h1-3,5-6,8-15,31-33,35,45H,4,7,16-25H2,(H,41,46)/t31-,32-,33+,35+/m0/s1. The maximum atomic E-state index is 13.0. The first-order valence-corrected chi connectivity index (χ1v) is 16.9. The van der Waals surface area contributed by atoms with E-state index in [0.717, 1.165) is 61.5 Å². The van der Waals surface area contributed by atoms with Crippen molar-refractivity contribution < 1.29 is 37.3 Å². The van der Waals surface area contributed by atoms with E-state index in [2.05, 4.69) is 39.4 Å². The van der Waals surface area contributed by atoms with E-state index >= 15 is 0 Å². The maximum absolute atomic E-state index is 13.0. The minimum Gasteiger partial charge on any atom is -0.392 e. The minimum absolute atomic E-state index is 0.0339. The molecule has 3 saturated heterocycles. The van der Waals surface area contributed by atoms with Gasteiger partial charge in [0.25, 0.3) is 0 Å². The number of piperazine rings is 1. The number of nitrogens with one attached hydrogen (secondary N) is 1. The SMILES string of the molecule is O=C(NCc1ccc([C@@H]2O[C@H](CN3CCN(Cc4ccccc4)CC3)C[C@H](c3ccc(CO)cc3)O2)cc1)[C@@H]1CCCN1C(=O)C(F)(F)F. The molecule has 49 heavy (non-hydrogen) atoms. The molecule has 3 fully saturated rings. The van der Waals surface area contributed by atoms with Crippen LogP contribution in [0.3, 0.4) is 0 Å². The summed E-state index contributed by atoms with van der Waals surface area (Å²) in [5.74, 6) is -2.58. The number of carbonyl (C=O) groups excluding carboxylic acids is 2. The number of aliphatic hydroxyl groups is 1. The molecule has 0 radical (unpaired) electrons. The van der Waals surface area contributed by atoms with Crippen LogP contribution < -0.4 is 5.32 Å².